The van der Waals surface area contributed by atoms with Gasteiger partial charge in [0.1, 0.15) is 11.4 Å². The zero-order valence-electron chi connectivity index (χ0n) is 24.7. The molecule has 1 saturated carbocycles. The van der Waals surface area contributed by atoms with Gasteiger partial charge in [-0.25, -0.2) is 4.39 Å². The van der Waals surface area contributed by atoms with E-state index in [-0.39, 0.29) is 12.6 Å². The molecule has 3 nitrogen and oxygen atoms in total. The van der Waals surface area contributed by atoms with Gasteiger partial charge in [0.2, 0.25) is 5.91 Å². The number of rotatable bonds is 9. The van der Waals surface area contributed by atoms with E-state index in [4.69, 9.17) is 10.5 Å². The summed E-state index contributed by atoms with van der Waals surface area (Å²) in [5.41, 5.74) is 7.02. The van der Waals surface area contributed by atoms with Gasteiger partial charge in [-0.1, -0.05) is 63.8 Å². The molecule has 1 aliphatic carbocycles. The summed E-state index contributed by atoms with van der Waals surface area (Å²) in [6.45, 7) is 23.7. The first-order valence-electron chi connectivity index (χ1n) is 13.3. The number of hydrogen-bond donors (Lipinski definition) is 1. The van der Waals surface area contributed by atoms with Crippen molar-refractivity contribution in [1.29, 1.82) is 0 Å². The molecule has 0 aromatic heterocycles. The molecule has 36 heavy (non-hydrogen) atoms. The second-order valence-electron chi connectivity index (χ2n) is 9.65. The first-order valence-corrected chi connectivity index (χ1v) is 13.3. The smallest absolute Gasteiger partial charge is 0.221 e. The van der Waals surface area contributed by atoms with Crippen LogP contribution in [0.25, 0.3) is 0 Å². The zero-order valence-corrected chi connectivity index (χ0v) is 24.7. The molecule has 1 aliphatic rings. The Hall–Kier alpha value is -2.17. The van der Waals surface area contributed by atoms with Crippen LogP contribution in [0.5, 0.6) is 5.75 Å². The van der Waals surface area contributed by atoms with Crippen molar-refractivity contribution in [2.75, 3.05) is 13.3 Å². The second kappa shape index (κ2) is 23.2. The fourth-order valence-electron chi connectivity index (χ4n) is 2.65. The highest BCUT2D eigenvalue weighted by Gasteiger charge is 2.21. The number of primary amides is 1. The standard InChI is InChI=1S/C14H21FO.C10H17NO.C3H8.C2H5F.C2H4/c1-5-11(2)10-16-13-8-6-12(7-9-13)14(3,4)15;1-7(5-9-3-4-9)8(2)6-10(11)12;1-3-2;1-2-3;1-2/h6-9,11H,5,10H2,1-4H3;9H,3-6H2,1-2H3,(H2,11,12);3H2,1-2H3;2H2,1H3;1-2H2/b;8-7-;;;. The highest BCUT2D eigenvalue weighted by molar-refractivity contribution is 5.76. The van der Waals surface area contributed by atoms with Crippen molar-refractivity contribution in [2.24, 2.45) is 17.6 Å². The summed E-state index contributed by atoms with van der Waals surface area (Å²) in [6, 6.07) is 7.23. The van der Waals surface area contributed by atoms with Crippen LogP contribution in [-0.2, 0) is 10.5 Å². The molecule has 1 amide bonds. The molecule has 0 aliphatic heterocycles. The fraction of sp³-hybridized carbons (Fsp3) is 0.645. The van der Waals surface area contributed by atoms with Crippen LogP contribution in [0.3, 0.4) is 0 Å². The van der Waals surface area contributed by atoms with Crippen molar-refractivity contribution in [3.8, 4) is 5.75 Å². The van der Waals surface area contributed by atoms with Crippen LogP contribution >= 0.6 is 0 Å². The summed E-state index contributed by atoms with van der Waals surface area (Å²) in [5, 5.41) is 0. The Morgan fingerprint density at radius 2 is 1.53 bits per heavy atom. The molecule has 5 heteroatoms. The van der Waals surface area contributed by atoms with Crippen LogP contribution in [0, 0.1) is 11.8 Å². The van der Waals surface area contributed by atoms with E-state index < -0.39 is 5.67 Å². The van der Waals surface area contributed by atoms with E-state index in [1.54, 1.807) is 26.0 Å². The van der Waals surface area contributed by atoms with Gasteiger partial charge in [-0.2, -0.15) is 0 Å². The van der Waals surface area contributed by atoms with Gasteiger partial charge in [-0.3, -0.25) is 9.18 Å². The first-order chi connectivity index (χ1) is 16.9. The molecular weight excluding hydrogens is 456 g/mol. The van der Waals surface area contributed by atoms with E-state index in [2.05, 4.69) is 47.8 Å². The Morgan fingerprint density at radius 3 is 1.86 bits per heavy atom. The Morgan fingerprint density at radius 1 is 1.08 bits per heavy atom. The number of alkyl halides is 2. The van der Waals surface area contributed by atoms with Gasteiger partial charge < -0.3 is 10.5 Å². The largest absolute Gasteiger partial charge is 0.493 e. The highest BCUT2D eigenvalue weighted by atomic mass is 19.1. The third kappa shape index (κ3) is 23.6. The van der Waals surface area contributed by atoms with E-state index in [9.17, 15) is 13.6 Å². The average Bonchev–Trinajstić information content (AvgIpc) is 3.63. The zero-order chi connectivity index (χ0) is 28.7. The van der Waals surface area contributed by atoms with Crippen molar-refractivity contribution < 1.29 is 18.3 Å². The summed E-state index contributed by atoms with van der Waals surface area (Å²) in [5.74, 6) is 2.04. The van der Waals surface area contributed by atoms with Crippen LogP contribution in [0.4, 0.5) is 8.78 Å². The van der Waals surface area contributed by atoms with Gasteiger partial charge in [0.05, 0.1) is 13.3 Å². The number of allylic oxidation sites excluding steroid dienone is 1. The molecule has 210 valence electrons. The first kappa shape index (κ1) is 38.4. The summed E-state index contributed by atoms with van der Waals surface area (Å²) in [4.78, 5) is 10.6. The third-order valence-corrected chi connectivity index (χ3v) is 5.23. The van der Waals surface area contributed by atoms with E-state index in [0.29, 0.717) is 17.9 Å². The number of halogens is 2. The van der Waals surface area contributed by atoms with Gasteiger partial charge in [0.25, 0.3) is 0 Å². The Kier molecular flexibility index (Phi) is 24.8. The van der Waals surface area contributed by atoms with Gasteiger partial charge in [-0.05, 0) is 83.4 Å². The number of carbonyl (C=O) groups excluding carboxylic acids is 1. The normalized spacial score (nSPS) is 13.4. The third-order valence-electron chi connectivity index (χ3n) is 5.23. The summed E-state index contributed by atoms with van der Waals surface area (Å²) < 4.78 is 29.5. The fourth-order valence-corrected chi connectivity index (χ4v) is 2.65. The maximum atomic E-state index is 13.6. The van der Waals surface area contributed by atoms with Crippen LogP contribution in [-0.4, -0.2) is 19.2 Å². The topological polar surface area (TPSA) is 52.3 Å². The molecule has 1 aromatic carbocycles. The highest BCUT2D eigenvalue weighted by Crippen LogP contribution is 2.36. The van der Waals surface area contributed by atoms with Crippen LogP contribution < -0.4 is 10.5 Å². The SMILES string of the molecule is C/C(CC(N)=O)=C(\C)CC1CC1.C=C.CCC.CCC(C)COc1ccc(C(C)(C)F)cc1.CCF. The summed E-state index contributed by atoms with van der Waals surface area (Å²) in [7, 11) is 0. The monoisotopic (exact) mass is 511 g/mol. The maximum absolute atomic E-state index is 13.6. The molecule has 1 aromatic rings. The van der Waals surface area contributed by atoms with Crippen LogP contribution in [0.2, 0.25) is 0 Å². The van der Waals surface area contributed by atoms with Crippen molar-refractivity contribution >= 4 is 5.91 Å². The van der Waals surface area contributed by atoms with Gasteiger partial charge >= 0.3 is 0 Å². The molecule has 0 spiro atoms. The lowest BCUT2D eigenvalue weighted by atomic mass is 10.0. The summed E-state index contributed by atoms with van der Waals surface area (Å²) in [6.07, 6.45) is 6.68. The van der Waals surface area contributed by atoms with Crippen LogP contribution in [0.1, 0.15) is 106 Å². The Labute approximate surface area is 221 Å². The van der Waals surface area contributed by atoms with Crippen LogP contribution in [0.15, 0.2) is 48.6 Å². The van der Waals surface area contributed by atoms with E-state index in [1.165, 1.54) is 38.2 Å². The Bertz CT molecular complexity index is 688. The minimum atomic E-state index is -1.28. The van der Waals surface area contributed by atoms with Gasteiger partial charge in [0.15, 0.2) is 0 Å². The van der Waals surface area contributed by atoms with Crippen molar-refractivity contribution in [2.45, 2.75) is 107 Å². The molecule has 1 atom stereocenters. The number of hydrogen-bond acceptors (Lipinski definition) is 2. The molecule has 2 N–H and O–H groups in total. The van der Waals surface area contributed by atoms with E-state index in [0.717, 1.165) is 30.3 Å². The minimum absolute atomic E-state index is 0.220. The summed E-state index contributed by atoms with van der Waals surface area (Å²) >= 11 is 0. The number of amides is 1. The Balaban J connectivity index is -0.000000479. The molecule has 0 bridgehead atoms. The molecular formula is C31H55F2NO2. The molecule has 2 rings (SSSR count). The predicted octanol–water partition coefficient (Wildman–Crippen LogP) is 9.51. The second-order valence-corrected chi connectivity index (χ2v) is 9.65. The van der Waals surface area contributed by atoms with Crippen molar-refractivity contribution in [3.05, 3.63) is 54.1 Å². The number of ether oxygens (including phenoxy) is 1. The van der Waals surface area contributed by atoms with Crippen molar-refractivity contribution in [1.82, 2.24) is 0 Å². The quantitative estimate of drug-likeness (QED) is 0.336. The van der Waals surface area contributed by atoms with Crippen molar-refractivity contribution in [3.63, 3.8) is 0 Å². The number of carbonyl (C=O) groups is 1. The lowest BCUT2D eigenvalue weighted by molar-refractivity contribution is -0.117. The molecule has 0 heterocycles. The molecule has 1 unspecified atom stereocenters. The molecule has 0 radical (unpaired) electrons. The van der Waals surface area contributed by atoms with E-state index in [1.807, 2.05) is 19.1 Å². The maximum Gasteiger partial charge on any atom is 0.221 e. The predicted molar refractivity (Wildman–Crippen MR) is 154 cm³/mol. The molecule has 0 saturated heterocycles. The van der Waals surface area contributed by atoms with Gasteiger partial charge in [-0.15, -0.1) is 13.2 Å². The lowest BCUT2D eigenvalue weighted by Gasteiger charge is -2.16. The number of benzene rings is 1. The average molecular weight is 512 g/mol. The minimum Gasteiger partial charge on any atom is -0.493 e. The molecule has 1 fully saturated rings. The van der Waals surface area contributed by atoms with E-state index >= 15 is 0 Å². The number of nitrogens with two attached hydrogens (primary N) is 1. The lowest BCUT2D eigenvalue weighted by Crippen LogP contribution is -2.11. The van der Waals surface area contributed by atoms with Gasteiger partial charge in [0, 0.05) is 6.42 Å².